The summed E-state index contributed by atoms with van der Waals surface area (Å²) in [6.07, 6.45) is 6.76. The van der Waals surface area contributed by atoms with Crippen molar-refractivity contribution in [2.45, 2.75) is 64.5 Å². The van der Waals surface area contributed by atoms with Crippen LogP contribution in [0, 0.1) is 5.92 Å². The zero-order valence-electron chi connectivity index (χ0n) is 13.0. The first-order valence-electron chi connectivity index (χ1n) is 8.08. The molecule has 0 radical (unpaired) electrons. The van der Waals surface area contributed by atoms with Crippen LogP contribution in [0.15, 0.2) is 0 Å². The van der Waals surface area contributed by atoms with E-state index in [2.05, 4.69) is 31.1 Å². The average molecular weight is 293 g/mol. The molecule has 0 spiro atoms. The van der Waals surface area contributed by atoms with Crippen molar-refractivity contribution in [2.24, 2.45) is 5.92 Å². The first-order valence-corrected chi connectivity index (χ1v) is 8.90. The van der Waals surface area contributed by atoms with E-state index in [1.54, 1.807) is 0 Å². The Morgan fingerprint density at radius 3 is 2.60 bits per heavy atom. The van der Waals surface area contributed by atoms with Crippen LogP contribution in [0.4, 0.5) is 5.13 Å². The highest BCUT2D eigenvalue weighted by Crippen LogP contribution is 2.44. The van der Waals surface area contributed by atoms with Crippen molar-refractivity contribution in [1.29, 1.82) is 0 Å². The minimum absolute atomic E-state index is 0.712. The Hall–Kier alpha value is -0.610. The molecule has 0 unspecified atom stereocenters. The van der Waals surface area contributed by atoms with Gasteiger partial charge in [0, 0.05) is 30.4 Å². The molecule has 0 atom stereocenters. The lowest BCUT2D eigenvalue weighted by molar-refractivity contribution is 0.401. The van der Waals surface area contributed by atoms with Crippen LogP contribution in [0.3, 0.4) is 0 Å². The number of hydrogen-bond donors (Lipinski definition) is 1. The molecule has 0 aromatic carbocycles. The van der Waals surface area contributed by atoms with E-state index in [1.165, 1.54) is 47.8 Å². The molecule has 2 fully saturated rings. The van der Waals surface area contributed by atoms with Crippen molar-refractivity contribution < 1.29 is 0 Å². The Morgan fingerprint density at radius 2 is 2.05 bits per heavy atom. The van der Waals surface area contributed by atoms with Gasteiger partial charge in [-0.25, -0.2) is 4.98 Å². The van der Waals surface area contributed by atoms with Crippen LogP contribution < -0.4 is 10.2 Å². The molecule has 2 aliphatic carbocycles. The monoisotopic (exact) mass is 293 g/mol. The number of rotatable bonds is 7. The summed E-state index contributed by atoms with van der Waals surface area (Å²) in [5.74, 6) is 1.47. The molecule has 2 saturated carbocycles. The van der Waals surface area contributed by atoms with Crippen molar-refractivity contribution in [3.63, 3.8) is 0 Å². The van der Waals surface area contributed by atoms with Crippen LogP contribution in [-0.4, -0.2) is 24.6 Å². The summed E-state index contributed by atoms with van der Waals surface area (Å²) in [7, 11) is 2.23. The highest BCUT2D eigenvalue weighted by atomic mass is 32.1. The largest absolute Gasteiger partial charge is 0.348 e. The third kappa shape index (κ3) is 3.17. The van der Waals surface area contributed by atoms with Gasteiger partial charge in [-0.15, -0.1) is 11.3 Å². The van der Waals surface area contributed by atoms with Crippen molar-refractivity contribution >= 4 is 16.5 Å². The lowest BCUT2D eigenvalue weighted by atomic mass is 9.92. The molecular weight excluding hydrogens is 266 g/mol. The summed E-state index contributed by atoms with van der Waals surface area (Å²) in [6.45, 7) is 6.62. The average Bonchev–Trinajstić information content (AvgIpc) is 3.08. The molecule has 0 amide bonds. The van der Waals surface area contributed by atoms with Crippen molar-refractivity contribution in [2.75, 3.05) is 18.5 Å². The van der Waals surface area contributed by atoms with E-state index in [9.17, 15) is 0 Å². The van der Waals surface area contributed by atoms with E-state index >= 15 is 0 Å². The van der Waals surface area contributed by atoms with Gasteiger partial charge < -0.3 is 10.2 Å². The number of nitrogens with zero attached hydrogens (tertiary/aromatic N) is 2. The Kier molecular flexibility index (Phi) is 4.32. The number of thiazole rings is 1. The fourth-order valence-electron chi connectivity index (χ4n) is 2.71. The van der Waals surface area contributed by atoms with Crippen LogP contribution in [0.2, 0.25) is 0 Å². The number of nitrogens with one attached hydrogen (secondary N) is 1. The van der Waals surface area contributed by atoms with E-state index < -0.39 is 0 Å². The van der Waals surface area contributed by atoms with Crippen LogP contribution in [-0.2, 0) is 6.54 Å². The smallest absolute Gasteiger partial charge is 0.185 e. The van der Waals surface area contributed by atoms with Crippen LogP contribution in [0.5, 0.6) is 0 Å². The molecule has 0 saturated heterocycles. The van der Waals surface area contributed by atoms with Gasteiger partial charge in [0.1, 0.15) is 0 Å². The number of anilines is 1. The molecular formula is C16H27N3S. The molecule has 1 heterocycles. The third-order valence-corrected chi connectivity index (χ3v) is 5.60. The third-order valence-electron chi connectivity index (χ3n) is 4.44. The standard InChI is InChI=1S/C16H27N3S/c1-11(2)9-17-10-14-15(12-7-8-12)18-16(20-14)19(3)13-5-4-6-13/h11-13,17H,4-10H2,1-3H3. The van der Waals surface area contributed by atoms with Crippen molar-refractivity contribution in [1.82, 2.24) is 10.3 Å². The second-order valence-corrected chi connectivity index (χ2v) is 7.86. The van der Waals surface area contributed by atoms with Gasteiger partial charge in [0.15, 0.2) is 5.13 Å². The van der Waals surface area contributed by atoms with Crippen molar-refractivity contribution in [3.05, 3.63) is 10.6 Å². The maximum Gasteiger partial charge on any atom is 0.185 e. The van der Waals surface area contributed by atoms with Gasteiger partial charge in [-0.05, 0) is 44.6 Å². The minimum atomic E-state index is 0.712. The van der Waals surface area contributed by atoms with E-state index in [0.29, 0.717) is 5.92 Å². The minimum Gasteiger partial charge on any atom is -0.348 e. The molecule has 20 heavy (non-hydrogen) atoms. The van der Waals surface area contributed by atoms with E-state index in [1.807, 2.05) is 11.3 Å². The number of hydrogen-bond acceptors (Lipinski definition) is 4. The molecule has 1 aromatic rings. The van der Waals surface area contributed by atoms with Gasteiger partial charge in [-0.2, -0.15) is 0 Å². The number of aromatic nitrogens is 1. The normalized spacial score (nSPS) is 19.4. The topological polar surface area (TPSA) is 28.2 Å². The fourth-order valence-corrected chi connectivity index (χ4v) is 3.86. The quantitative estimate of drug-likeness (QED) is 0.830. The zero-order valence-corrected chi connectivity index (χ0v) is 13.8. The second kappa shape index (κ2) is 6.02. The fraction of sp³-hybridized carbons (Fsp3) is 0.812. The SMILES string of the molecule is CC(C)CNCc1sc(N(C)C2CCC2)nc1C1CC1. The van der Waals surface area contributed by atoms with Gasteiger partial charge >= 0.3 is 0 Å². The predicted octanol–water partition coefficient (Wildman–Crippen LogP) is 3.75. The van der Waals surface area contributed by atoms with Gasteiger partial charge in [-0.3, -0.25) is 0 Å². The Bertz CT molecular complexity index is 447. The van der Waals surface area contributed by atoms with Crippen LogP contribution in [0.1, 0.15) is 62.4 Å². The summed E-state index contributed by atoms with van der Waals surface area (Å²) in [4.78, 5) is 8.88. The Morgan fingerprint density at radius 1 is 1.30 bits per heavy atom. The van der Waals surface area contributed by atoms with Crippen LogP contribution in [0.25, 0.3) is 0 Å². The molecule has 112 valence electrons. The highest BCUT2D eigenvalue weighted by Gasteiger charge is 2.31. The summed E-state index contributed by atoms with van der Waals surface area (Å²) >= 11 is 1.92. The summed E-state index contributed by atoms with van der Waals surface area (Å²) < 4.78 is 0. The summed E-state index contributed by atoms with van der Waals surface area (Å²) in [6, 6.07) is 0.740. The predicted molar refractivity (Wildman–Crippen MR) is 86.7 cm³/mol. The second-order valence-electron chi connectivity index (χ2n) is 6.80. The molecule has 2 aliphatic rings. The maximum atomic E-state index is 4.98. The molecule has 3 nitrogen and oxygen atoms in total. The van der Waals surface area contributed by atoms with Gasteiger partial charge in [-0.1, -0.05) is 13.8 Å². The Balaban J connectivity index is 1.68. The van der Waals surface area contributed by atoms with E-state index in [4.69, 9.17) is 4.98 Å². The van der Waals surface area contributed by atoms with Crippen molar-refractivity contribution in [3.8, 4) is 0 Å². The van der Waals surface area contributed by atoms with E-state index in [-0.39, 0.29) is 0 Å². The lowest BCUT2D eigenvalue weighted by Gasteiger charge is -2.34. The summed E-state index contributed by atoms with van der Waals surface area (Å²) in [5.41, 5.74) is 1.40. The zero-order chi connectivity index (χ0) is 14.1. The highest BCUT2D eigenvalue weighted by molar-refractivity contribution is 7.15. The molecule has 3 rings (SSSR count). The molecule has 0 aliphatic heterocycles. The molecule has 4 heteroatoms. The molecule has 1 N–H and O–H groups in total. The first kappa shape index (κ1) is 14.3. The Labute approximate surface area is 126 Å². The maximum absolute atomic E-state index is 4.98. The first-order chi connectivity index (χ1) is 9.65. The van der Waals surface area contributed by atoms with Gasteiger partial charge in [0.25, 0.3) is 0 Å². The van der Waals surface area contributed by atoms with Gasteiger partial charge in [0.05, 0.1) is 5.69 Å². The van der Waals surface area contributed by atoms with Crippen LogP contribution >= 0.6 is 11.3 Å². The van der Waals surface area contributed by atoms with Gasteiger partial charge in [0.2, 0.25) is 0 Å². The van der Waals surface area contributed by atoms with E-state index in [0.717, 1.165) is 25.0 Å². The lowest BCUT2D eigenvalue weighted by Crippen LogP contribution is -2.37. The molecule has 1 aromatic heterocycles. The summed E-state index contributed by atoms with van der Waals surface area (Å²) in [5, 5.41) is 4.83. The molecule has 0 bridgehead atoms.